The molecule has 9 N–H and O–H groups in total. The Kier molecular flexibility index (Phi) is 6.75. The standard InChI is InChI=1S/C15H10O7.2H2O2/c16-7-4-10(19)12-11(5-7)22-15(14(21)13(12)20)6-1-2-8(17)9(18)3-6;2*1-2/h1-5,16-19,21H;2*1-2H. The van der Waals surface area contributed by atoms with Crippen LogP contribution in [0.4, 0.5) is 0 Å². The van der Waals surface area contributed by atoms with Crippen LogP contribution >= 0.6 is 0 Å². The van der Waals surface area contributed by atoms with Gasteiger partial charge in [-0.05, 0) is 18.2 Å². The van der Waals surface area contributed by atoms with E-state index in [0.717, 1.165) is 24.3 Å². The average molecular weight is 370 g/mol. The topological polar surface area (TPSA) is 212 Å². The van der Waals surface area contributed by atoms with Crippen LogP contribution in [0.3, 0.4) is 0 Å². The average Bonchev–Trinajstić information content (AvgIpc) is 2.63. The maximum atomic E-state index is 12.1. The van der Waals surface area contributed by atoms with E-state index in [1.54, 1.807) is 0 Å². The second-order valence-electron chi connectivity index (χ2n) is 4.65. The quantitative estimate of drug-likeness (QED) is 0.172. The number of fused-ring (bicyclic) bond motifs is 1. The highest BCUT2D eigenvalue weighted by Gasteiger charge is 2.19. The molecule has 140 valence electrons. The van der Waals surface area contributed by atoms with Gasteiger partial charge in [-0.25, -0.2) is 0 Å². The Morgan fingerprint density at radius 1 is 0.731 bits per heavy atom. The predicted molar refractivity (Wildman–Crippen MR) is 86.8 cm³/mol. The zero-order valence-corrected chi connectivity index (χ0v) is 12.7. The van der Waals surface area contributed by atoms with E-state index in [4.69, 9.17) is 25.4 Å². The molecule has 0 bridgehead atoms. The molecule has 0 amide bonds. The van der Waals surface area contributed by atoms with Crippen molar-refractivity contribution in [3.05, 3.63) is 40.6 Å². The molecule has 0 aliphatic carbocycles. The molecule has 0 radical (unpaired) electrons. The molecule has 26 heavy (non-hydrogen) atoms. The van der Waals surface area contributed by atoms with Gasteiger partial charge in [0.15, 0.2) is 17.3 Å². The molecule has 3 aromatic rings. The Hall–Kier alpha value is -3.51. The van der Waals surface area contributed by atoms with E-state index in [9.17, 15) is 30.3 Å². The Morgan fingerprint density at radius 2 is 1.35 bits per heavy atom. The molecular weight excluding hydrogens is 356 g/mol. The molecular formula is C15H14O11. The molecule has 0 unspecified atom stereocenters. The lowest BCUT2D eigenvalue weighted by atomic mass is 10.1. The number of phenols is 4. The monoisotopic (exact) mass is 370 g/mol. The fourth-order valence-electron chi connectivity index (χ4n) is 2.14. The van der Waals surface area contributed by atoms with Crippen LogP contribution in [-0.2, 0) is 0 Å². The minimum Gasteiger partial charge on any atom is -0.508 e. The summed E-state index contributed by atoms with van der Waals surface area (Å²) in [6.07, 6.45) is 0. The normalized spacial score (nSPS) is 9.69. The summed E-state index contributed by atoms with van der Waals surface area (Å²) < 4.78 is 5.35. The molecule has 3 rings (SSSR count). The van der Waals surface area contributed by atoms with Gasteiger partial charge in [0.05, 0.1) is 0 Å². The van der Waals surface area contributed by atoms with Gasteiger partial charge in [0.1, 0.15) is 22.5 Å². The molecule has 0 saturated heterocycles. The van der Waals surface area contributed by atoms with E-state index in [1.807, 2.05) is 0 Å². The number of benzene rings is 2. The highest BCUT2D eigenvalue weighted by atomic mass is 17.0. The Balaban J connectivity index is 0.000000791. The van der Waals surface area contributed by atoms with Crippen LogP contribution in [0.15, 0.2) is 39.5 Å². The smallest absolute Gasteiger partial charge is 0.238 e. The number of phenolic OH excluding ortho intramolecular Hbond substituents is 4. The van der Waals surface area contributed by atoms with Crippen molar-refractivity contribution in [2.24, 2.45) is 0 Å². The summed E-state index contributed by atoms with van der Waals surface area (Å²) in [7, 11) is 0. The van der Waals surface area contributed by atoms with Crippen molar-refractivity contribution < 1.29 is 51.0 Å². The summed E-state index contributed by atoms with van der Waals surface area (Å²) in [4.78, 5) is 12.1. The van der Waals surface area contributed by atoms with Crippen LogP contribution in [0.25, 0.3) is 22.3 Å². The number of aromatic hydroxyl groups is 5. The summed E-state index contributed by atoms with van der Waals surface area (Å²) >= 11 is 0. The number of hydrogen-bond donors (Lipinski definition) is 9. The van der Waals surface area contributed by atoms with Gasteiger partial charge in [-0.1, -0.05) is 0 Å². The number of rotatable bonds is 1. The third kappa shape index (κ3) is 3.76. The van der Waals surface area contributed by atoms with E-state index >= 15 is 0 Å². The van der Waals surface area contributed by atoms with Crippen molar-refractivity contribution in [2.75, 3.05) is 0 Å². The van der Waals surface area contributed by atoms with Crippen LogP contribution in [-0.4, -0.2) is 46.6 Å². The van der Waals surface area contributed by atoms with Gasteiger partial charge in [0.2, 0.25) is 11.2 Å². The summed E-state index contributed by atoms with van der Waals surface area (Å²) in [5, 5.41) is 71.6. The van der Waals surface area contributed by atoms with Crippen molar-refractivity contribution in [3.8, 4) is 40.1 Å². The second-order valence-corrected chi connectivity index (χ2v) is 4.65. The van der Waals surface area contributed by atoms with Crippen molar-refractivity contribution in [2.45, 2.75) is 0 Å². The van der Waals surface area contributed by atoms with Gasteiger partial charge in [0, 0.05) is 17.7 Å². The van der Waals surface area contributed by atoms with Crippen molar-refractivity contribution in [1.82, 2.24) is 0 Å². The minimum absolute atomic E-state index is 0.134. The molecule has 0 fully saturated rings. The molecule has 0 atom stereocenters. The van der Waals surface area contributed by atoms with Crippen LogP contribution in [0.5, 0.6) is 28.7 Å². The zero-order chi connectivity index (χ0) is 20.0. The molecule has 0 saturated carbocycles. The summed E-state index contributed by atoms with van der Waals surface area (Å²) in [5.74, 6) is -2.71. The van der Waals surface area contributed by atoms with Gasteiger partial charge in [0.25, 0.3) is 0 Å². The second kappa shape index (κ2) is 8.55. The van der Waals surface area contributed by atoms with E-state index < -0.39 is 22.7 Å². The van der Waals surface area contributed by atoms with E-state index in [0.29, 0.717) is 0 Å². The highest BCUT2D eigenvalue weighted by Crippen LogP contribution is 2.37. The van der Waals surface area contributed by atoms with Gasteiger partial charge >= 0.3 is 0 Å². The Bertz CT molecular complexity index is 962. The zero-order valence-electron chi connectivity index (χ0n) is 12.7. The van der Waals surface area contributed by atoms with Gasteiger partial charge in [-0.3, -0.25) is 25.8 Å². The summed E-state index contributed by atoms with van der Waals surface area (Å²) in [6.45, 7) is 0. The molecule has 1 heterocycles. The van der Waals surface area contributed by atoms with Gasteiger partial charge in [-0.2, -0.15) is 0 Å². The number of hydrogen-bond acceptors (Lipinski definition) is 11. The van der Waals surface area contributed by atoms with Gasteiger partial charge in [-0.15, -0.1) is 0 Å². The SMILES string of the molecule is O=c1c(O)c(-c2ccc(O)c(O)c2)oc2cc(O)cc(O)c12.OO.OO. The van der Waals surface area contributed by atoms with Crippen molar-refractivity contribution >= 4 is 11.0 Å². The molecule has 11 nitrogen and oxygen atoms in total. The van der Waals surface area contributed by atoms with Crippen LogP contribution < -0.4 is 5.43 Å². The maximum absolute atomic E-state index is 12.1. The van der Waals surface area contributed by atoms with E-state index in [-0.39, 0.29) is 33.8 Å². The Labute approximate surface area is 143 Å². The van der Waals surface area contributed by atoms with Gasteiger partial charge < -0.3 is 29.9 Å². The van der Waals surface area contributed by atoms with Crippen molar-refractivity contribution in [1.29, 1.82) is 0 Å². The largest absolute Gasteiger partial charge is 0.508 e. The third-order valence-electron chi connectivity index (χ3n) is 3.17. The molecule has 11 heteroatoms. The lowest BCUT2D eigenvalue weighted by molar-refractivity contribution is -0.176. The first kappa shape index (κ1) is 20.5. The lowest BCUT2D eigenvalue weighted by Gasteiger charge is -2.08. The van der Waals surface area contributed by atoms with E-state index in [1.165, 1.54) is 6.07 Å². The van der Waals surface area contributed by atoms with Crippen LogP contribution in [0, 0.1) is 0 Å². The fourth-order valence-corrected chi connectivity index (χ4v) is 2.14. The minimum atomic E-state index is -0.888. The molecule has 2 aromatic carbocycles. The predicted octanol–water partition coefficient (Wildman–Crippen LogP) is 2.02. The fraction of sp³-hybridized carbons (Fsp3) is 0. The maximum Gasteiger partial charge on any atom is 0.238 e. The van der Waals surface area contributed by atoms with Crippen molar-refractivity contribution in [3.63, 3.8) is 0 Å². The highest BCUT2D eigenvalue weighted by molar-refractivity contribution is 5.88. The summed E-state index contributed by atoms with van der Waals surface area (Å²) in [5.41, 5.74) is -0.890. The molecule has 0 aliphatic rings. The van der Waals surface area contributed by atoms with E-state index in [2.05, 4.69) is 0 Å². The third-order valence-corrected chi connectivity index (χ3v) is 3.17. The molecule has 0 spiro atoms. The Morgan fingerprint density at radius 3 is 1.92 bits per heavy atom. The molecule has 0 aliphatic heterocycles. The van der Waals surface area contributed by atoms with Crippen LogP contribution in [0.1, 0.15) is 0 Å². The first-order chi connectivity index (χ1) is 12.4. The van der Waals surface area contributed by atoms with Crippen LogP contribution in [0.2, 0.25) is 0 Å². The first-order valence-electron chi connectivity index (χ1n) is 6.52. The first-order valence-corrected chi connectivity index (χ1v) is 6.52. The molecule has 1 aromatic heterocycles. The summed E-state index contributed by atoms with van der Waals surface area (Å²) in [6, 6.07) is 5.64. The lowest BCUT2D eigenvalue weighted by Crippen LogP contribution is -2.02.